The Morgan fingerprint density at radius 1 is 1.13 bits per heavy atom. The lowest BCUT2D eigenvalue weighted by molar-refractivity contribution is 0.102. The number of nitrogens with zero attached hydrogens (tertiary/aromatic N) is 4. The summed E-state index contributed by atoms with van der Waals surface area (Å²) in [7, 11) is 0. The highest BCUT2D eigenvalue weighted by molar-refractivity contribution is 7.09. The molecular formula is C21H17N5O3S. The predicted octanol–water partition coefficient (Wildman–Crippen LogP) is 4.87. The molecule has 0 aliphatic rings. The molecule has 0 saturated carbocycles. The van der Waals surface area contributed by atoms with E-state index in [1.807, 2.05) is 18.2 Å². The molecule has 0 aliphatic carbocycles. The van der Waals surface area contributed by atoms with Crippen molar-refractivity contribution in [3.8, 4) is 5.75 Å². The number of amides is 1. The van der Waals surface area contributed by atoms with E-state index >= 15 is 0 Å². The predicted molar refractivity (Wildman–Crippen MR) is 115 cm³/mol. The standard InChI is InChI=1S/C21H17N5O3S/c1-12-22-21(30-26-12)25-24-18-16-5-3-2-4-14(16)10-17(19(18)28)20(29)23-15-8-6-13(11-27)7-9-15/h2-10,27-28H,11H2,1H3,(H,23,29). The second-order valence-corrected chi connectivity index (χ2v) is 7.21. The minimum Gasteiger partial charge on any atom is -0.505 e. The maximum Gasteiger partial charge on any atom is 0.259 e. The number of hydrogen-bond donors (Lipinski definition) is 3. The number of carbonyl (C=O) groups is 1. The molecule has 0 atom stereocenters. The van der Waals surface area contributed by atoms with Crippen LogP contribution in [0.1, 0.15) is 21.7 Å². The molecule has 8 nitrogen and oxygen atoms in total. The zero-order valence-corrected chi connectivity index (χ0v) is 16.7. The Kier molecular flexibility index (Phi) is 5.46. The number of aryl methyl sites for hydroxylation is 1. The molecule has 1 aromatic heterocycles. The van der Waals surface area contributed by atoms with Crippen LogP contribution in [0.4, 0.5) is 16.5 Å². The van der Waals surface area contributed by atoms with Crippen LogP contribution < -0.4 is 5.32 Å². The molecular weight excluding hydrogens is 402 g/mol. The normalized spacial score (nSPS) is 11.3. The molecule has 0 spiro atoms. The van der Waals surface area contributed by atoms with Crippen molar-refractivity contribution in [3.63, 3.8) is 0 Å². The van der Waals surface area contributed by atoms with Crippen molar-refractivity contribution in [3.05, 3.63) is 71.5 Å². The average molecular weight is 419 g/mol. The molecule has 4 aromatic rings. The van der Waals surface area contributed by atoms with Crippen molar-refractivity contribution in [2.24, 2.45) is 10.2 Å². The van der Waals surface area contributed by atoms with E-state index in [4.69, 9.17) is 5.11 Å². The molecule has 9 heteroatoms. The van der Waals surface area contributed by atoms with Crippen LogP contribution in [0.3, 0.4) is 0 Å². The molecule has 0 bridgehead atoms. The highest BCUT2D eigenvalue weighted by Crippen LogP contribution is 2.39. The number of aromatic nitrogens is 2. The van der Waals surface area contributed by atoms with Gasteiger partial charge in [0.15, 0.2) is 5.75 Å². The zero-order chi connectivity index (χ0) is 21.1. The maximum atomic E-state index is 12.8. The van der Waals surface area contributed by atoms with Gasteiger partial charge in [-0.15, -0.1) is 10.2 Å². The van der Waals surface area contributed by atoms with Crippen LogP contribution in [0.5, 0.6) is 5.75 Å². The van der Waals surface area contributed by atoms with Gasteiger partial charge in [-0.05, 0) is 36.1 Å². The van der Waals surface area contributed by atoms with Crippen LogP contribution in [-0.4, -0.2) is 25.5 Å². The molecule has 30 heavy (non-hydrogen) atoms. The topological polar surface area (TPSA) is 120 Å². The lowest BCUT2D eigenvalue weighted by Gasteiger charge is -2.11. The van der Waals surface area contributed by atoms with E-state index in [2.05, 4.69) is 24.9 Å². The Morgan fingerprint density at radius 3 is 2.60 bits per heavy atom. The summed E-state index contributed by atoms with van der Waals surface area (Å²) in [6.07, 6.45) is 0. The minimum absolute atomic E-state index is 0.0716. The molecule has 0 unspecified atom stereocenters. The fourth-order valence-electron chi connectivity index (χ4n) is 2.90. The van der Waals surface area contributed by atoms with Crippen molar-refractivity contribution in [1.29, 1.82) is 0 Å². The van der Waals surface area contributed by atoms with Gasteiger partial charge in [0.1, 0.15) is 11.5 Å². The molecule has 1 amide bonds. The minimum atomic E-state index is -0.488. The summed E-state index contributed by atoms with van der Waals surface area (Å²) in [6.45, 7) is 1.67. The van der Waals surface area contributed by atoms with Gasteiger partial charge >= 0.3 is 0 Å². The Hall–Kier alpha value is -3.69. The number of phenols is 1. The molecule has 3 N–H and O–H groups in total. The molecule has 0 aliphatic heterocycles. The van der Waals surface area contributed by atoms with E-state index in [0.717, 1.165) is 22.5 Å². The van der Waals surface area contributed by atoms with E-state index in [-0.39, 0.29) is 23.6 Å². The van der Waals surface area contributed by atoms with Gasteiger partial charge in [0, 0.05) is 22.6 Å². The third kappa shape index (κ3) is 4.02. The molecule has 1 heterocycles. The number of fused-ring (bicyclic) bond motifs is 1. The van der Waals surface area contributed by atoms with Gasteiger partial charge < -0.3 is 15.5 Å². The molecule has 150 valence electrons. The van der Waals surface area contributed by atoms with Gasteiger partial charge in [-0.1, -0.05) is 36.4 Å². The van der Waals surface area contributed by atoms with E-state index in [1.165, 1.54) is 0 Å². The summed E-state index contributed by atoms with van der Waals surface area (Å²) in [6, 6.07) is 15.7. The monoisotopic (exact) mass is 419 g/mol. The maximum absolute atomic E-state index is 12.8. The summed E-state index contributed by atoms with van der Waals surface area (Å²) >= 11 is 1.10. The van der Waals surface area contributed by atoms with Gasteiger partial charge in [-0.2, -0.15) is 4.37 Å². The lowest BCUT2D eigenvalue weighted by atomic mass is 10.0. The number of rotatable bonds is 5. The number of aromatic hydroxyl groups is 1. The Labute approximate surface area is 175 Å². The Balaban J connectivity index is 1.73. The van der Waals surface area contributed by atoms with Crippen LogP contribution >= 0.6 is 11.5 Å². The quantitative estimate of drug-likeness (QED) is 0.399. The first-order chi connectivity index (χ1) is 14.5. The number of carbonyl (C=O) groups excluding carboxylic acids is 1. The van der Waals surface area contributed by atoms with Crippen molar-refractivity contribution < 1.29 is 15.0 Å². The summed E-state index contributed by atoms with van der Waals surface area (Å²) in [5.74, 6) is -0.176. The number of nitrogens with one attached hydrogen (secondary N) is 1. The third-order valence-corrected chi connectivity index (χ3v) is 5.08. The first kappa shape index (κ1) is 19.6. The highest BCUT2D eigenvalue weighted by Gasteiger charge is 2.18. The first-order valence-corrected chi connectivity index (χ1v) is 9.80. The van der Waals surface area contributed by atoms with Crippen molar-refractivity contribution in [1.82, 2.24) is 9.36 Å². The van der Waals surface area contributed by atoms with E-state index < -0.39 is 5.91 Å². The van der Waals surface area contributed by atoms with Crippen molar-refractivity contribution >= 4 is 44.7 Å². The molecule has 0 saturated heterocycles. The van der Waals surface area contributed by atoms with Gasteiger partial charge in [0.2, 0.25) is 5.13 Å². The summed E-state index contributed by atoms with van der Waals surface area (Å²) in [5, 5.41) is 32.7. The van der Waals surface area contributed by atoms with Gasteiger partial charge in [-0.3, -0.25) is 4.79 Å². The number of azo groups is 1. The van der Waals surface area contributed by atoms with Gasteiger partial charge in [0.25, 0.3) is 5.91 Å². The zero-order valence-electron chi connectivity index (χ0n) is 15.9. The number of hydrogen-bond acceptors (Lipinski definition) is 8. The van der Waals surface area contributed by atoms with Crippen molar-refractivity contribution in [2.45, 2.75) is 13.5 Å². The summed E-state index contributed by atoms with van der Waals surface area (Å²) < 4.78 is 4.05. The Bertz CT molecular complexity index is 1250. The average Bonchev–Trinajstić information content (AvgIpc) is 3.18. The van der Waals surface area contributed by atoms with Crippen molar-refractivity contribution in [2.75, 3.05) is 5.32 Å². The van der Waals surface area contributed by atoms with E-state index in [1.54, 1.807) is 43.3 Å². The number of benzene rings is 3. The summed E-state index contributed by atoms with van der Waals surface area (Å²) in [5.41, 5.74) is 1.53. The smallest absolute Gasteiger partial charge is 0.259 e. The number of aliphatic hydroxyl groups is 1. The number of aliphatic hydroxyl groups excluding tert-OH is 1. The van der Waals surface area contributed by atoms with Crippen LogP contribution in [0.25, 0.3) is 10.8 Å². The summed E-state index contributed by atoms with van der Waals surface area (Å²) in [4.78, 5) is 17.0. The fraction of sp³-hybridized carbons (Fsp3) is 0.0952. The van der Waals surface area contributed by atoms with Gasteiger partial charge in [0.05, 0.1) is 12.2 Å². The largest absolute Gasteiger partial charge is 0.505 e. The Morgan fingerprint density at radius 2 is 1.90 bits per heavy atom. The van der Waals surface area contributed by atoms with E-state index in [9.17, 15) is 9.90 Å². The highest BCUT2D eigenvalue weighted by atomic mass is 32.1. The van der Waals surface area contributed by atoms with Crippen LogP contribution in [0.2, 0.25) is 0 Å². The molecule has 4 rings (SSSR count). The fourth-order valence-corrected chi connectivity index (χ4v) is 3.41. The van der Waals surface area contributed by atoms with Gasteiger partial charge in [-0.25, -0.2) is 4.98 Å². The van der Waals surface area contributed by atoms with Crippen LogP contribution in [0, 0.1) is 6.92 Å². The lowest BCUT2D eigenvalue weighted by Crippen LogP contribution is -2.12. The molecule has 0 radical (unpaired) electrons. The van der Waals surface area contributed by atoms with Crippen LogP contribution in [0.15, 0.2) is 64.8 Å². The molecule has 3 aromatic carbocycles. The second-order valence-electron chi connectivity index (χ2n) is 6.48. The van der Waals surface area contributed by atoms with E-state index in [0.29, 0.717) is 22.0 Å². The first-order valence-electron chi connectivity index (χ1n) is 9.03. The number of anilines is 1. The second kappa shape index (κ2) is 8.36. The third-order valence-electron chi connectivity index (χ3n) is 4.39. The molecule has 0 fully saturated rings. The SMILES string of the molecule is Cc1nsc(N=Nc2c(O)c(C(=O)Nc3ccc(CO)cc3)cc3ccccc23)n1. The van der Waals surface area contributed by atoms with Crippen LogP contribution in [-0.2, 0) is 6.61 Å². The number of phenolic OH excluding ortho intramolecular Hbond substituents is 1.